The van der Waals surface area contributed by atoms with Gasteiger partial charge in [-0.2, -0.15) is 0 Å². The third-order valence-corrected chi connectivity index (χ3v) is 8.93. The van der Waals surface area contributed by atoms with Gasteiger partial charge in [-0.3, -0.25) is 0 Å². The Labute approximate surface area is 164 Å². The summed E-state index contributed by atoms with van der Waals surface area (Å²) in [5, 5.41) is 8.57. The van der Waals surface area contributed by atoms with Gasteiger partial charge in [0.1, 0.15) is 14.2 Å². The average molecular weight is 373 g/mol. The monoisotopic (exact) mass is 372 g/mol. The van der Waals surface area contributed by atoms with Gasteiger partial charge in [0.15, 0.2) is 0 Å². The molecule has 0 N–H and O–H groups in total. The van der Waals surface area contributed by atoms with Crippen molar-refractivity contribution in [1.82, 2.24) is 0 Å². The lowest BCUT2D eigenvalue weighted by Gasteiger charge is -2.58. The van der Waals surface area contributed by atoms with Crippen LogP contribution < -0.4 is 0 Å². The number of oxime groups is 2. The van der Waals surface area contributed by atoms with Crippen molar-refractivity contribution >= 4 is 11.4 Å². The van der Waals surface area contributed by atoms with Crippen molar-refractivity contribution in [1.29, 1.82) is 0 Å². The second-order valence-electron chi connectivity index (χ2n) is 9.86. The van der Waals surface area contributed by atoms with E-state index in [4.69, 9.17) is 9.68 Å². The van der Waals surface area contributed by atoms with Crippen molar-refractivity contribution in [3.8, 4) is 0 Å². The van der Waals surface area contributed by atoms with Gasteiger partial charge >= 0.3 is 0 Å². The third kappa shape index (κ3) is 2.86. The van der Waals surface area contributed by atoms with Gasteiger partial charge < -0.3 is 9.68 Å². The van der Waals surface area contributed by atoms with E-state index in [9.17, 15) is 0 Å². The Kier molecular flexibility index (Phi) is 4.88. The third-order valence-electron chi connectivity index (χ3n) is 8.93. The highest BCUT2D eigenvalue weighted by Crippen LogP contribution is 2.66. The smallest absolute Gasteiger partial charge is 0.106 e. The quantitative estimate of drug-likeness (QED) is 0.479. The van der Waals surface area contributed by atoms with Gasteiger partial charge in [0.25, 0.3) is 0 Å². The predicted octanol–water partition coefficient (Wildman–Crippen LogP) is 5.59. The zero-order valence-electron chi connectivity index (χ0n) is 17.8. The molecule has 4 heteroatoms. The first-order valence-corrected chi connectivity index (χ1v) is 10.8. The van der Waals surface area contributed by atoms with E-state index in [1.165, 1.54) is 50.7 Å². The molecule has 0 unspecified atom stereocenters. The molecule has 0 aromatic carbocycles. The zero-order valence-corrected chi connectivity index (χ0v) is 17.8. The molecule has 0 radical (unpaired) electrons. The Hall–Kier alpha value is -1.32. The maximum Gasteiger partial charge on any atom is 0.106 e. The van der Waals surface area contributed by atoms with Gasteiger partial charge in [0.05, 0.1) is 11.4 Å². The van der Waals surface area contributed by atoms with Crippen molar-refractivity contribution in [2.24, 2.45) is 44.8 Å². The van der Waals surface area contributed by atoms with Crippen molar-refractivity contribution in [3.63, 3.8) is 0 Å². The van der Waals surface area contributed by atoms with Crippen LogP contribution in [0.2, 0.25) is 0 Å². The first-order valence-electron chi connectivity index (χ1n) is 10.8. The number of nitrogens with zero attached hydrogens (tertiary/aromatic N) is 2. The van der Waals surface area contributed by atoms with Gasteiger partial charge in [-0.15, -0.1) is 0 Å². The molecule has 0 saturated heterocycles. The summed E-state index contributed by atoms with van der Waals surface area (Å²) in [4.78, 5) is 10.2. The molecule has 4 aliphatic rings. The number of hydrogen-bond acceptors (Lipinski definition) is 4. The molecule has 4 rings (SSSR count). The van der Waals surface area contributed by atoms with Crippen LogP contribution >= 0.6 is 0 Å². The van der Waals surface area contributed by atoms with Crippen LogP contribution in [0.15, 0.2) is 22.0 Å². The molecule has 0 spiro atoms. The second-order valence-corrected chi connectivity index (χ2v) is 9.86. The topological polar surface area (TPSA) is 43.2 Å². The lowest BCUT2D eigenvalue weighted by atomic mass is 9.46. The summed E-state index contributed by atoms with van der Waals surface area (Å²) in [6.45, 7) is 7.28. The molecule has 0 aromatic heterocycles. The van der Waals surface area contributed by atoms with Gasteiger partial charge in [0, 0.05) is 5.92 Å². The van der Waals surface area contributed by atoms with E-state index >= 15 is 0 Å². The van der Waals surface area contributed by atoms with Crippen molar-refractivity contribution < 1.29 is 9.68 Å². The summed E-state index contributed by atoms with van der Waals surface area (Å²) in [5.74, 6) is 3.14. The standard InChI is InChI=1S/C23H36N2O2/c1-15(24-26-4)19-8-9-20-18-7-6-16-14-17(25-27-5)10-12-22(16,2)21(18)11-13-23(19,20)3/h14,18-21H,6-13H2,1-5H3/b24-15+,25-17-/t18-,19+,20-,21-,22-,23+/m0/s1. The van der Waals surface area contributed by atoms with Crippen molar-refractivity contribution in [3.05, 3.63) is 11.6 Å². The number of hydrogen-bond donors (Lipinski definition) is 0. The highest BCUT2D eigenvalue weighted by Gasteiger charge is 2.59. The van der Waals surface area contributed by atoms with Crippen molar-refractivity contribution in [2.45, 2.75) is 72.1 Å². The minimum Gasteiger partial charge on any atom is -0.399 e. The molecule has 0 amide bonds. The van der Waals surface area contributed by atoms with Gasteiger partial charge in [-0.05, 0) is 93.0 Å². The minimum atomic E-state index is 0.366. The Morgan fingerprint density at radius 3 is 2.56 bits per heavy atom. The lowest BCUT2D eigenvalue weighted by molar-refractivity contribution is -0.0411. The number of rotatable bonds is 3. The number of allylic oxidation sites excluding steroid dienone is 2. The SMILES string of the molecule is CO/N=C1\C=C2CC[C@H]3[C@@H]4CC[C@H](/C(C)=N/OC)[C@@]4(C)CC[C@@H]3[C@@]2(C)CC1. The van der Waals surface area contributed by atoms with Crippen molar-refractivity contribution in [2.75, 3.05) is 14.2 Å². The van der Waals surface area contributed by atoms with Crippen LogP contribution in [0.4, 0.5) is 0 Å². The summed E-state index contributed by atoms with van der Waals surface area (Å²) in [5.41, 5.74) is 4.76. The maximum atomic E-state index is 5.12. The molecule has 3 fully saturated rings. The first kappa shape index (κ1) is 19.0. The van der Waals surface area contributed by atoms with Crippen LogP contribution in [0, 0.1) is 34.5 Å². The van der Waals surface area contributed by atoms with Crippen LogP contribution in [0.5, 0.6) is 0 Å². The van der Waals surface area contributed by atoms with Crippen LogP contribution in [-0.4, -0.2) is 25.6 Å². The highest BCUT2D eigenvalue weighted by atomic mass is 16.6. The molecule has 0 aromatic rings. The molecule has 4 nitrogen and oxygen atoms in total. The number of fused-ring (bicyclic) bond motifs is 5. The normalized spacial score (nSPS) is 45.6. The van der Waals surface area contributed by atoms with Crippen LogP contribution in [0.25, 0.3) is 0 Å². The zero-order chi connectivity index (χ0) is 19.2. The minimum absolute atomic E-state index is 0.366. The average Bonchev–Trinajstić information content (AvgIpc) is 3.00. The molecular weight excluding hydrogens is 336 g/mol. The molecule has 0 aliphatic heterocycles. The fourth-order valence-electron chi connectivity index (χ4n) is 7.65. The summed E-state index contributed by atoms with van der Waals surface area (Å²) in [6, 6.07) is 0. The Bertz CT molecular complexity index is 682. The largest absolute Gasteiger partial charge is 0.399 e. The Morgan fingerprint density at radius 1 is 1.00 bits per heavy atom. The van der Waals surface area contributed by atoms with Crippen LogP contribution in [0.1, 0.15) is 72.1 Å². The summed E-state index contributed by atoms with van der Waals surface area (Å²) in [6.07, 6.45) is 12.6. The van der Waals surface area contributed by atoms with Gasteiger partial charge in [-0.1, -0.05) is 29.7 Å². The van der Waals surface area contributed by atoms with Crippen LogP contribution in [-0.2, 0) is 9.68 Å². The summed E-state index contributed by atoms with van der Waals surface area (Å²) in [7, 11) is 3.33. The van der Waals surface area contributed by atoms with E-state index in [-0.39, 0.29) is 0 Å². The fraction of sp³-hybridized carbons (Fsp3) is 0.826. The van der Waals surface area contributed by atoms with Gasteiger partial charge in [0.2, 0.25) is 0 Å². The van der Waals surface area contributed by atoms with E-state index in [1.807, 2.05) is 0 Å². The summed E-state index contributed by atoms with van der Waals surface area (Å²) >= 11 is 0. The predicted molar refractivity (Wildman–Crippen MR) is 110 cm³/mol. The summed E-state index contributed by atoms with van der Waals surface area (Å²) < 4.78 is 0. The molecule has 0 heterocycles. The molecule has 4 aliphatic carbocycles. The molecular formula is C23H36N2O2. The Balaban J connectivity index is 1.61. The van der Waals surface area contributed by atoms with Crippen LogP contribution in [0.3, 0.4) is 0 Å². The van der Waals surface area contributed by atoms with E-state index in [0.717, 1.165) is 29.9 Å². The molecule has 150 valence electrons. The molecule has 0 bridgehead atoms. The molecule has 6 atom stereocenters. The van der Waals surface area contributed by atoms with E-state index < -0.39 is 0 Å². The van der Waals surface area contributed by atoms with Gasteiger partial charge in [-0.25, -0.2) is 0 Å². The highest BCUT2D eigenvalue weighted by molar-refractivity contribution is 5.96. The molecule has 3 saturated carbocycles. The lowest BCUT2D eigenvalue weighted by Crippen LogP contribution is -2.51. The Morgan fingerprint density at radius 2 is 1.81 bits per heavy atom. The van der Waals surface area contributed by atoms with E-state index in [2.05, 4.69) is 37.2 Å². The molecule has 27 heavy (non-hydrogen) atoms. The van der Waals surface area contributed by atoms with E-state index in [0.29, 0.717) is 16.7 Å². The maximum absolute atomic E-state index is 5.12. The fourth-order valence-corrected chi connectivity index (χ4v) is 7.65. The first-order chi connectivity index (χ1) is 12.9. The second kappa shape index (κ2) is 6.93. The van der Waals surface area contributed by atoms with E-state index in [1.54, 1.807) is 19.8 Å².